The van der Waals surface area contributed by atoms with E-state index < -0.39 is 18.0 Å². The molecule has 0 aliphatic carbocycles. The Morgan fingerprint density at radius 3 is 2.94 bits per heavy atom. The van der Waals surface area contributed by atoms with Gasteiger partial charge in [0.15, 0.2) is 5.82 Å². The summed E-state index contributed by atoms with van der Waals surface area (Å²) in [5.41, 5.74) is 1.66. The Hall–Kier alpha value is -4.28. The van der Waals surface area contributed by atoms with E-state index in [4.69, 9.17) is 6.57 Å². The zero-order chi connectivity index (χ0) is 23.1. The number of carbonyl (C=O) groups is 1. The van der Waals surface area contributed by atoms with Crippen LogP contribution in [0, 0.1) is 23.7 Å². The molecule has 4 heterocycles. The molecular formula is C23H18FN7O2. The first-order valence-electron chi connectivity index (χ1n) is 10.4. The van der Waals surface area contributed by atoms with Crippen molar-refractivity contribution in [2.75, 3.05) is 18.0 Å². The number of hydrogen-bond donors (Lipinski definition) is 2. The quantitative estimate of drug-likeness (QED) is 0.600. The van der Waals surface area contributed by atoms with E-state index in [1.165, 1.54) is 22.9 Å². The summed E-state index contributed by atoms with van der Waals surface area (Å²) >= 11 is 0. The van der Waals surface area contributed by atoms with Gasteiger partial charge < -0.3 is 20.2 Å². The van der Waals surface area contributed by atoms with Crippen molar-refractivity contribution < 1.29 is 14.3 Å². The summed E-state index contributed by atoms with van der Waals surface area (Å²) in [5.74, 6) is -0.299. The van der Waals surface area contributed by atoms with Crippen molar-refractivity contribution in [3.8, 4) is 23.0 Å². The minimum absolute atomic E-state index is 0.0696. The molecule has 3 aromatic rings. The number of hydrogen-bond acceptors (Lipinski definition) is 6. The summed E-state index contributed by atoms with van der Waals surface area (Å²) in [7, 11) is 0. The molecule has 0 radical (unpaired) electrons. The maximum Gasteiger partial charge on any atom is 0.255 e. The van der Waals surface area contributed by atoms with Crippen LogP contribution in [0.2, 0.25) is 0 Å². The van der Waals surface area contributed by atoms with Gasteiger partial charge in [-0.3, -0.25) is 4.79 Å². The van der Waals surface area contributed by atoms with Gasteiger partial charge in [0.05, 0.1) is 52.9 Å². The molecule has 2 atom stereocenters. The van der Waals surface area contributed by atoms with Crippen LogP contribution in [-0.4, -0.2) is 51.0 Å². The second-order valence-corrected chi connectivity index (χ2v) is 7.92. The number of nitrogens with zero attached hydrogens (tertiary/aromatic N) is 6. The molecule has 10 heteroatoms. The second kappa shape index (κ2) is 8.01. The highest BCUT2D eigenvalue weighted by atomic mass is 19.1. The first kappa shape index (κ1) is 20.6. The predicted octanol–water partition coefficient (Wildman–Crippen LogP) is 2.05. The largest absolute Gasteiger partial charge is 0.383 e. The zero-order valence-electron chi connectivity index (χ0n) is 17.4. The number of nitriles is 1. The van der Waals surface area contributed by atoms with Crippen molar-refractivity contribution in [1.29, 1.82) is 5.26 Å². The third kappa shape index (κ3) is 3.47. The number of carbonyl (C=O) groups excluding carboxylic acids is 1. The standard InChI is InChI=1S/C23H18FN7O2/c1-26-15-5-7-30(12-19(15)32)20-6-8-31(29-20)18-9-16(28-17-11-27-23(33)22(17)18)21-13(10-25)3-2-4-14(21)24/h2-4,6,8-9,15,19,32H,5,7,11-12H2,(H,27,33)/t15-,19-/m0/s1. The molecular weight excluding hydrogens is 425 g/mol. The topological polar surface area (TPSA) is 111 Å². The SMILES string of the molecule is [C-]#[N+][C@H]1CCN(c2ccn(-c3cc(-c4c(F)cccc4C#N)nc4c3C(=O)NC4)n2)C[C@@H]1O. The second-order valence-electron chi connectivity index (χ2n) is 7.92. The summed E-state index contributed by atoms with van der Waals surface area (Å²) in [5, 5.41) is 27.0. The van der Waals surface area contributed by atoms with Gasteiger partial charge in [0.2, 0.25) is 0 Å². The summed E-state index contributed by atoms with van der Waals surface area (Å²) < 4.78 is 16.2. The Kier molecular flexibility index (Phi) is 5.00. The molecule has 5 rings (SSSR count). The first-order chi connectivity index (χ1) is 16.0. The number of β-amino-alcohol motifs (C(OH)–C–C–N with tert-alkyl or cyclic N) is 1. The number of benzene rings is 1. The summed E-state index contributed by atoms with van der Waals surface area (Å²) in [6.07, 6.45) is 1.44. The van der Waals surface area contributed by atoms with Gasteiger partial charge in [-0.2, -0.15) is 10.4 Å². The van der Waals surface area contributed by atoms with Crippen molar-refractivity contribution in [3.63, 3.8) is 0 Å². The maximum absolute atomic E-state index is 14.7. The first-order valence-corrected chi connectivity index (χ1v) is 10.4. The molecule has 9 nitrogen and oxygen atoms in total. The number of halogens is 1. The number of aliphatic hydroxyl groups excluding tert-OH is 1. The van der Waals surface area contributed by atoms with E-state index in [1.54, 1.807) is 18.3 Å². The highest BCUT2D eigenvalue weighted by molar-refractivity contribution is 6.01. The average Bonchev–Trinajstić information content (AvgIpc) is 3.46. The fraction of sp³-hybridized carbons (Fsp3) is 0.261. The summed E-state index contributed by atoms with van der Waals surface area (Å²) in [4.78, 5) is 22.3. The van der Waals surface area contributed by atoms with Crippen molar-refractivity contribution in [1.82, 2.24) is 20.1 Å². The lowest BCUT2D eigenvalue weighted by molar-refractivity contribution is 0.0965. The number of rotatable bonds is 3. The van der Waals surface area contributed by atoms with E-state index in [-0.39, 0.29) is 35.8 Å². The molecule has 0 spiro atoms. The molecule has 0 bridgehead atoms. The number of aromatic nitrogens is 3. The van der Waals surface area contributed by atoms with Gasteiger partial charge in [-0.25, -0.2) is 20.6 Å². The van der Waals surface area contributed by atoms with E-state index in [2.05, 4.69) is 20.2 Å². The van der Waals surface area contributed by atoms with Gasteiger partial charge in [0.1, 0.15) is 11.9 Å². The zero-order valence-corrected chi connectivity index (χ0v) is 17.4. The van der Waals surface area contributed by atoms with Crippen LogP contribution < -0.4 is 10.2 Å². The Morgan fingerprint density at radius 2 is 2.18 bits per heavy atom. The Morgan fingerprint density at radius 1 is 1.33 bits per heavy atom. The van der Waals surface area contributed by atoms with Crippen molar-refractivity contribution in [2.24, 2.45) is 0 Å². The van der Waals surface area contributed by atoms with Crippen LogP contribution in [0.15, 0.2) is 36.5 Å². The smallest absolute Gasteiger partial charge is 0.255 e. The molecule has 1 aromatic carbocycles. The molecule has 164 valence electrons. The number of pyridine rings is 1. The molecule has 2 aliphatic heterocycles. The number of amides is 1. The van der Waals surface area contributed by atoms with E-state index >= 15 is 0 Å². The van der Waals surface area contributed by atoms with Crippen LogP contribution in [0.5, 0.6) is 0 Å². The highest BCUT2D eigenvalue weighted by Crippen LogP contribution is 2.32. The average molecular weight is 443 g/mol. The van der Waals surface area contributed by atoms with Gasteiger partial charge >= 0.3 is 0 Å². The number of anilines is 1. The van der Waals surface area contributed by atoms with Gasteiger partial charge in [-0.15, -0.1) is 0 Å². The maximum atomic E-state index is 14.7. The fourth-order valence-corrected chi connectivity index (χ4v) is 4.29. The lowest BCUT2D eigenvalue weighted by Crippen LogP contribution is -2.45. The highest BCUT2D eigenvalue weighted by Gasteiger charge is 2.33. The van der Waals surface area contributed by atoms with Crippen LogP contribution in [0.25, 0.3) is 21.8 Å². The molecule has 2 aliphatic rings. The Labute approximate surface area is 188 Å². The monoisotopic (exact) mass is 443 g/mol. The normalized spacial score (nSPS) is 19.5. The van der Waals surface area contributed by atoms with Crippen LogP contribution in [0.4, 0.5) is 10.2 Å². The lowest BCUT2D eigenvalue weighted by Gasteiger charge is -2.30. The van der Waals surface area contributed by atoms with Gasteiger partial charge in [-0.05, 0) is 18.2 Å². The molecule has 2 N–H and O–H groups in total. The fourth-order valence-electron chi connectivity index (χ4n) is 4.29. The summed E-state index contributed by atoms with van der Waals surface area (Å²) in [6.45, 7) is 8.22. The van der Waals surface area contributed by atoms with Crippen LogP contribution in [-0.2, 0) is 6.54 Å². The van der Waals surface area contributed by atoms with E-state index in [0.29, 0.717) is 35.7 Å². The molecule has 1 amide bonds. The number of aliphatic hydroxyl groups is 1. The molecule has 2 aromatic heterocycles. The molecule has 33 heavy (non-hydrogen) atoms. The third-order valence-electron chi connectivity index (χ3n) is 5.97. The number of fused-ring (bicyclic) bond motifs is 1. The molecule has 1 fully saturated rings. The van der Waals surface area contributed by atoms with Crippen LogP contribution >= 0.6 is 0 Å². The molecule has 0 saturated carbocycles. The van der Waals surface area contributed by atoms with Crippen LogP contribution in [0.1, 0.15) is 28.0 Å². The van der Waals surface area contributed by atoms with E-state index in [0.717, 1.165) is 0 Å². The van der Waals surface area contributed by atoms with Crippen molar-refractivity contribution in [2.45, 2.75) is 25.1 Å². The number of piperidine rings is 1. The van der Waals surface area contributed by atoms with Crippen molar-refractivity contribution in [3.05, 3.63) is 70.6 Å². The van der Waals surface area contributed by atoms with Crippen molar-refractivity contribution >= 4 is 11.7 Å². The Balaban J connectivity index is 1.58. The minimum Gasteiger partial charge on any atom is -0.383 e. The van der Waals surface area contributed by atoms with Gasteiger partial charge in [-0.1, -0.05) is 6.07 Å². The molecule has 1 saturated heterocycles. The third-order valence-corrected chi connectivity index (χ3v) is 5.97. The van der Waals surface area contributed by atoms with Gasteiger partial charge in [0, 0.05) is 25.2 Å². The minimum atomic E-state index is -0.769. The lowest BCUT2D eigenvalue weighted by atomic mass is 10.0. The van der Waals surface area contributed by atoms with E-state index in [9.17, 15) is 19.6 Å². The van der Waals surface area contributed by atoms with Crippen LogP contribution in [0.3, 0.4) is 0 Å². The summed E-state index contributed by atoms with van der Waals surface area (Å²) in [6, 6.07) is 9.12. The van der Waals surface area contributed by atoms with E-state index in [1.807, 2.05) is 11.0 Å². The number of nitrogens with one attached hydrogen (secondary N) is 1. The predicted molar refractivity (Wildman–Crippen MR) is 116 cm³/mol. The molecule has 0 unspecified atom stereocenters. The Bertz CT molecular complexity index is 1350. The van der Waals surface area contributed by atoms with Gasteiger partial charge in [0.25, 0.3) is 11.9 Å².